The highest BCUT2D eigenvalue weighted by Crippen LogP contribution is 2.72. The van der Waals surface area contributed by atoms with Gasteiger partial charge in [-0.1, -0.05) is 18.2 Å². The number of para-hydroxylation sites is 1. The maximum Gasteiger partial charge on any atom is 0.411 e. The summed E-state index contributed by atoms with van der Waals surface area (Å²) in [7, 11) is 0. The molecule has 3 nitrogen and oxygen atoms in total. The zero-order chi connectivity index (χ0) is 12.3. The molecular formula is C14H14FNO2. The molecule has 1 aromatic rings. The average Bonchev–Trinajstić information content (AvgIpc) is 2.69. The summed E-state index contributed by atoms with van der Waals surface area (Å²) >= 11 is 0. The molecule has 0 heterocycles. The van der Waals surface area contributed by atoms with Gasteiger partial charge < -0.3 is 4.74 Å². The van der Waals surface area contributed by atoms with Crippen LogP contribution in [0.3, 0.4) is 0 Å². The van der Waals surface area contributed by atoms with Crippen molar-refractivity contribution in [2.75, 3.05) is 5.32 Å². The molecule has 1 aromatic carbocycles. The van der Waals surface area contributed by atoms with Gasteiger partial charge in [-0.3, -0.25) is 5.32 Å². The monoisotopic (exact) mass is 247 g/mol. The van der Waals surface area contributed by atoms with E-state index in [4.69, 9.17) is 4.74 Å². The number of nitrogens with one attached hydrogen (secondary N) is 1. The van der Waals surface area contributed by atoms with Gasteiger partial charge >= 0.3 is 6.09 Å². The third-order valence-electron chi connectivity index (χ3n) is 4.68. The summed E-state index contributed by atoms with van der Waals surface area (Å²) < 4.78 is 19.1. The maximum atomic E-state index is 13.7. The van der Waals surface area contributed by atoms with E-state index < -0.39 is 12.3 Å². The van der Waals surface area contributed by atoms with Gasteiger partial charge in [-0.25, -0.2) is 9.18 Å². The summed E-state index contributed by atoms with van der Waals surface area (Å²) in [5, 5.41) is 2.68. The Labute approximate surface area is 104 Å². The number of benzene rings is 1. The van der Waals surface area contributed by atoms with Crippen LogP contribution in [-0.2, 0) is 4.74 Å². The Morgan fingerprint density at radius 1 is 1.22 bits per heavy atom. The lowest BCUT2D eigenvalue weighted by atomic mass is 10.1. The van der Waals surface area contributed by atoms with Crippen LogP contribution in [0.5, 0.6) is 0 Å². The Morgan fingerprint density at radius 2 is 2.00 bits per heavy atom. The maximum absolute atomic E-state index is 13.7. The molecule has 0 aliphatic heterocycles. The van der Waals surface area contributed by atoms with Gasteiger partial charge in [0, 0.05) is 23.4 Å². The molecule has 1 N–H and O–H groups in total. The van der Waals surface area contributed by atoms with E-state index in [1.807, 2.05) is 18.2 Å². The number of alkyl halides is 1. The van der Waals surface area contributed by atoms with E-state index >= 15 is 0 Å². The number of amides is 1. The van der Waals surface area contributed by atoms with Crippen LogP contribution >= 0.6 is 0 Å². The van der Waals surface area contributed by atoms with E-state index in [0.29, 0.717) is 17.5 Å². The van der Waals surface area contributed by atoms with Crippen LogP contribution in [0.4, 0.5) is 14.9 Å². The lowest BCUT2D eigenvalue weighted by Crippen LogP contribution is -2.27. The van der Waals surface area contributed by atoms with E-state index in [1.165, 1.54) is 0 Å². The van der Waals surface area contributed by atoms with Crippen LogP contribution in [0, 0.1) is 23.7 Å². The first-order chi connectivity index (χ1) is 8.75. The van der Waals surface area contributed by atoms with Gasteiger partial charge in [0.25, 0.3) is 0 Å². The van der Waals surface area contributed by atoms with Crippen molar-refractivity contribution >= 4 is 11.8 Å². The molecule has 6 atom stereocenters. The number of carbonyl (C=O) groups excluding carboxylic acids is 1. The Hall–Kier alpha value is -1.58. The van der Waals surface area contributed by atoms with Gasteiger partial charge in [0.05, 0.1) is 0 Å². The minimum absolute atomic E-state index is 0.0495. The lowest BCUT2D eigenvalue weighted by Gasteiger charge is -2.17. The van der Waals surface area contributed by atoms with Gasteiger partial charge in [-0.2, -0.15) is 0 Å². The molecule has 4 heteroatoms. The average molecular weight is 247 g/mol. The van der Waals surface area contributed by atoms with Crippen molar-refractivity contribution < 1.29 is 13.9 Å². The first-order valence-electron chi connectivity index (χ1n) is 6.42. The second kappa shape index (κ2) is 3.46. The molecule has 18 heavy (non-hydrogen) atoms. The molecule has 0 aromatic heterocycles. The minimum atomic E-state index is -0.741. The van der Waals surface area contributed by atoms with Crippen LogP contribution in [0.2, 0.25) is 0 Å². The van der Waals surface area contributed by atoms with Crippen molar-refractivity contribution in [3.05, 3.63) is 30.3 Å². The number of hydrogen-bond acceptors (Lipinski definition) is 2. The molecule has 4 aliphatic carbocycles. The second-order valence-electron chi connectivity index (χ2n) is 5.52. The summed E-state index contributed by atoms with van der Waals surface area (Å²) in [5.41, 5.74) is 0.706. The first kappa shape index (κ1) is 10.4. The Morgan fingerprint density at radius 3 is 2.56 bits per heavy atom. The molecule has 4 aliphatic rings. The molecule has 94 valence electrons. The van der Waals surface area contributed by atoms with Crippen molar-refractivity contribution in [1.29, 1.82) is 0 Å². The molecule has 4 fully saturated rings. The summed E-state index contributed by atoms with van der Waals surface area (Å²) in [6, 6.07) is 9.17. The molecule has 0 radical (unpaired) electrons. The summed E-state index contributed by atoms with van der Waals surface area (Å²) in [6.45, 7) is 0. The van der Waals surface area contributed by atoms with E-state index in [9.17, 15) is 9.18 Å². The van der Waals surface area contributed by atoms with Crippen LogP contribution in [0.15, 0.2) is 30.3 Å². The van der Waals surface area contributed by atoms with Crippen molar-refractivity contribution in [3.63, 3.8) is 0 Å². The quantitative estimate of drug-likeness (QED) is 0.872. The SMILES string of the molecule is O=C(Nc1ccccc1)O[C@H]1[C@H]2C[C@@H]3[C@@H]([C@H]2F)[C@H]31. The summed E-state index contributed by atoms with van der Waals surface area (Å²) in [4.78, 5) is 11.7. The topological polar surface area (TPSA) is 38.3 Å². The second-order valence-corrected chi connectivity index (χ2v) is 5.52. The normalized spacial score (nSPS) is 42.7. The fraction of sp³-hybridized carbons (Fsp3) is 0.500. The van der Waals surface area contributed by atoms with Crippen molar-refractivity contribution in [1.82, 2.24) is 0 Å². The molecule has 4 bridgehead atoms. The highest BCUT2D eigenvalue weighted by molar-refractivity contribution is 5.84. The van der Waals surface area contributed by atoms with Gasteiger partial charge in [-0.05, 0) is 24.5 Å². The van der Waals surface area contributed by atoms with E-state index in [1.54, 1.807) is 12.1 Å². The fourth-order valence-corrected chi connectivity index (χ4v) is 3.94. The van der Waals surface area contributed by atoms with Crippen molar-refractivity contribution in [3.8, 4) is 0 Å². The third kappa shape index (κ3) is 1.32. The molecule has 0 saturated heterocycles. The van der Waals surface area contributed by atoms with E-state index in [-0.39, 0.29) is 17.9 Å². The highest BCUT2D eigenvalue weighted by Gasteiger charge is 2.75. The smallest absolute Gasteiger partial charge is 0.411 e. The predicted octanol–water partition coefficient (Wildman–Crippen LogP) is 2.84. The molecule has 0 unspecified atom stereocenters. The van der Waals surface area contributed by atoms with Crippen LogP contribution in [0.1, 0.15) is 6.42 Å². The highest BCUT2D eigenvalue weighted by atomic mass is 19.1. The van der Waals surface area contributed by atoms with Crippen LogP contribution in [0.25, 0.3) is 0 Å². The standard InChI is InChI=1S/C14H14FNO2/c15-12-9-6-8-10(12)11(8)13(9)18-14(17)16-7-4-2-1-3-5-7/h1-5,8-13H,6H2,(H,16,17)/t8-,9+,10-,11+,12+,13+/m1/s1. The van der Waals surface area contributed by atoms with E-state index in [2.05, 4.69) is 5.32 Å². The number of carbonyl (C=O) groups is 1. The zero-order valence-corrected chi connectivity index (χ0v) is 9.75. The largest absolute Gasteiger partial charge is 0.445 e. The van der Waals surface area contributed by atoms with Crippen molar-refractivity contribution in [2.45, 2.75) is 18.7 Å². The zero-order valence-electron chi connectivity index (χ0n) is 9.75. The number of hydrogen-bond donors (Lipinski definition) is 1. The number of anilines is 1. The third-order valence-corrected chi connectivity index (χ3v) is 4.68. The lowest BCUT2D eigenvalue weighted by molar-refractivity contribution is 0.0752. The summed E-state index contributed by atoms with van der Waals surface area (Å²) in [6.07, 6.45) is -0.496. The Bertz CT molecular complexity index is 492. The minimum Gasteiger partial charge on any atom is -0.445 e. The molecular weight excluding hydrogens is 233 g/mol. The molecule has 4 saturated carbocycles. The van der Waals surface area contributed by atoms with Crippen LogP contribution < -0.4 is 5.32 Å². The summed E-state index contributed by atoms with van der Waals surface area (Å²) in [5.74, 6) is 0.919. The fourth-order valence-electron chi connectivity index (χ4n) is 3.94. The van der Waals surface area contributed by atoms with Gasteiger partial charge in [0.2, 0.25) is 0 Å². The number of ether oxygens (including phenoxy) is 1. The molecule has 5 rings (SSSR count). The van der Waals surface area contributed by atoms with Gasteiger partial charge in [-0.15, -0.1) is 0 Å². The van der Waals surface area contributed by atoms with Crippen molar-refractivity contribution in [2.24, 2.45) is 23.7 Å². The number of halogens is 1. The van der Waals surface area contributed by atoms with Crippen LogP contribution in [-0.4, -0.2) is 18.4 Å². The Balaban J connectivity index is 1.40. The Kier molecular flexibility index (Phi) is 1.99. The number of rotatable bonds is 2. The molecule has 1 amide bonds. The van der Waals surface area contributed by atoms with Gasteiger partial charge in [0.1, 0.15) is 12.3 Å². The first-order valence-corrected chi connectivity index (χ1v) is 6.42. The van der Waals surface area contributed by atoms with Gasteiger partial charge in [0.15, 0.2) is 0 Å². The molecule has 0 spiro atoms. The van der Waals surface area contributed by atoms with E-state index in [0.717, 1.165) is 6.42 Å². The predicted molar refractivity (Wildman–Crippen MR) is 63.8 cm³/mol.